The van der Waals surface area contributed by atoms with E-state index in [1.165, 1.54) is 0 Å². The van der Waals surface area contributed by atoms with Crippen molar-refractivity contribution in [1.82, 2.24) is 0 Å². The minimum atomic E-state index is -0.0497. The van der Waals surface area contributed by atoms with E-state index in [-0.39, 0.29) is 17.9 Å². The number of carbonyl (C=O) groups excluding carboxylic acids is 1. The number of nitrogens with one attached hydrogen (secondary N) is 1. The molecule has 1 saturated heterocycles. The number of carbonyl (C=O) groups is 1. The van der Waals surface area contributed by atoms with E-state index in [0.29, 0.717) is 18.0 Å². The lowest BCUT2D eigenvalue weighted by Gasteiger charge is -2.10. The molecule has 1 fully saturated rings. The smallest absolute Gasteiger partial charge is 0.229 e. The fourth-order valence-electron chi connectivity index (χ4n) is 2.15. The van der Waals surface area contributed by atoms with Crippen LogP contribution in [-0.2, 0) is 16.0 Å². The molecule has 1 aromatic carbocycles. The van der Waals surface area contributed by atoms with Crippen molar-refractivity contribution in [2.45, 2.75) is 25.9 Å². The number of nitrogens with two attached hydrogens (primary N) is 1. The molecule has 19 heavy (non-hydrogen) atoms. The minimum Gasteiger partial charge on any atom is -0.393 e. The Hall–Kier alpha value is -1.46. The van der Waals surface area contributed by atoms with E-state index >= 15 is 0 Å². The Bertz CT molecular complexity index is 473. The predicted molar refractivity (Wildman–Crippen MR) is 79.1 cm³/mol. The van der Waals surface area contributed by atoms with Crippen LogP contribution in [-0.4, -0.2) is 23.6 Å². The summed E-state index contributed by atoms with van der Waals surface area (Å²) in [6.07, 6.45) is 1.53. The quantitative estimate of drug-likeness (QED) is 0.825. The first-order valence-electron chi connectivity index (χ1n) is 6.34. The van der Waals surface area contributed by atoms with Crippen molar-refractivity contribution in [3.63, 3.8) is 0 Å². The fourth-order valence-corrected chi connectivity index (χ4v) is 2.32. The maximum Gasteiger partial charge on any atom is 0.229 e. The van der Waals surface area contributed by atoms with Crippen molar-refractivity contribution < 1.29 is 9.53 Å². The Balaban J connectivity index is 1.92. The first-order chi connectivity index (χ1) is 9.04. The summed E-state index contributed by atoms with van der Waals surface area (Å²) < 4.78 is 5.40. The van der Waals surface area contributed by atoms with Crippen LogP contribution in [0, 0.1) is 5.92 Å². The molecule has 2 atom stereocenters. The topological polar surface area (TPSA) is 64.4 Å². The van der Waals surface area contributed by atoms with Crippen molar-refractivity contribution in [2.24, 2.45) is 11.7 Å². The maximum atomic E-state index is 12.0. The monoisotopic (exact) mass is 278 g/mol. The van der Waals surface area contributed by atoms with E-state index in [1.54, 1.807) is 0 Å². The van der Waals surface area contributed by atoms with Gasteiger partial charge in [0, 0.05) is 12.1 Å². The van der Waals surface area contributed by atoms with Gasteiger partial charge in [-0.15, -0.1) is 0 Å². The average molecular weight is 278 g/mol. The van der Waals surface area contributed by atoms with E-state index in [4.69, 9.17) is 22.7 Å². The van der Waals surface area contributed by atoms with E-state index in [9.17, 15) is 4.79 Å². The molecule has 102 valence electrons. The van der Waals surface area contributed by atoms with Crippen LogP contribution in [0.25, 0.3) is 0 Å². The van der Waals surface area contributed by atoms with Gasteiger partial charge in [-0.1, -0.05) is 24.4 Å². The van der Waals surface area contributed by atoms with Gasteiger partial charge in [-0.05, 0) is 31.0 Å². The Morgan fingerprint density at radius 3 is 2.68 bits per heavy atom. The maximum absolute atomic E-state index is 12.0. The molecule has 0 aliphatic carbocycles. The van der Waals surface area contributed by atoms with Crippen LogP contribution in [0.15, 0.2) is 24.3 Å². The molecule has 1 aliphatic heterocycles. The van der Waals surface area contributed by atoms with Gasteiger partial charge in [-0.2, -0.15) is 0 Å². The van der Waals surface area contributed by atoms with Crippen molar-refractivity contribution in [3.8, 4) is 0 Å². The normalized spacial score (nSPS) is 22.2. The number of anilines is 1. The number of hydrogen-bond donors (Lipinski definition) is 2. The van der Waals surface area contributed by atoms with Crippen molar-refractivity contribution in [3.05, 3.63) is 29.8 Å². The molecule has 1 aromatic rings. The molecule has 2 unspecified atom stereocenters. The van der Waals surface area contributed by atoms with Crippen LogP contribution >= 0.6 is 12.2 Å². The largest absolute Gasteiger partial charge is 0.393 e. The van der Waals surface area contributed by atoms with Crippen LogP contribution in [0.1, 0.15) is 18.9 Å². The second-order valence-electron chi connectivity index (χ2n) is 4.91. The molecule has 1 amide bonds. The third-order valence-electron chi connectivity index (χ3n) is 3.17. The van der Waals surface area contributed by atoms with Crippen LogP contribution in [0.4, 0.5) is 5.69 Å². The standard InChI is InChI=1S/C14H18N2O2S/c1-9-6-11(8-18-9)14(17)16-12-4-2-10(3-5-12)7-13(15)19/h2-5,9,11H,6-8H2,1H3,(H2,15,19)(H,16,17). The lowest BCUT2D eigenvalue weighted by Crippen LogP contribution is -2.23. The number of benzene rings is 1. The van der Waals surface area contributed by atoms with Crippen molar-refractivity contribution in [1.29, 1.82) is 0 Å². The highest BCUT2D eigenvalue weighted by atomic mass is 32.1. The summed E-state index contributed by atoms with van der Waals surface area (Å²) in [5.41, 5.74) is 7.32. The fraction of sp³-hybridized carbons (Fsp3) is 0.429. The van der Waals surface area contributed by atoms with Gasteiger partial charge in [0.15, 0.2) is 0 Å². The van der Waals surface area contributed by atoms with E-state index in [1.807, 2.05) is 31.2 Å². The second kappa shape index (κ2) is 6.12. The van der Waals surface area contributed by atoms with Gasteiger partial charge < -0.3 is 15.8 Å². The molecule has 0 aromatic heterocycles. The summed E-state index contributed by atoms with van der Waals surface area (Å²) in [7, 11) is 0. The van der Waals surface area contributed by atoms with Crippen LogP contribution in [0.3, 0.4) is 0 Å². The Morgan fingerprint density at radius 1 is 1.47 bits per heavy atom. The molecule has 1 aliphatic rings. The highest BCUT2D eigenvalue weighted by Crippen LogP contribution is 2.21. The van der Waals surface area contributed by atoms with Gasteiger partial charge >= 0.3 is 0 Å². The van der Waals surface area contributed by atoms with Gasteiger partial charge in [0.1, 0.15) is 0 Å². The van der Waals surface area contributed by atoms with Gasteiger partial charge in [-0.25, -0.2) is 0 Å². The zero-order valence-electron chi connectivity index (χ0n) is 10.9. The van der Waals surface area contributed by atoms with Gasteiger partial charge in [0.05, 0.1) is 23.6 Å². The van der Waals surface area contributed by atoms with Gasteiger partial charge in [0.2, 0.25) is 5.91 Å². The van der Waals surface area contributed by atoms with Crippen LogP contribution in [0.5, 0.6) is 0 Å². The third kappa shape index (κ3) is 4.01. The van der Waals surface area contributed by atoms with E-state index in [0.717, 1.165) is 17.7 Å². The number of hydrogen-bond acceptors (Lipinski definition) is 3. The summed E-state index contributed by atoms with van der Waals surface area (Å²) in [5.74, 6) is -0.0299. The highest BCUT2D eigenvalue weighted by molar-refractivity contribution is 7.80. The summed E-state index contributed by atoms with van der Waals surface area (Å²) in [6, 6.07) is 7.57. The Labute approximate surface area is 118 Å². The molecule has 0 bridgehead atoms. The highest BCUT2D eigenvalue weighted by Gasteiger charge is 2.28. The molecule has 3 N–H and O–H groups in total. The Morgan fingerprint density at radius 2 is 2.16 bits per heavy atom. The molecule has 0 saturated carbocycles. The lowest BCUT2D eigenvalue weighted by molar-refractivity contribution is -0.119. The number of ether oxygens (including phenoxy) is 1. The van der Waals surface area contributed by atoms with Crippen molar-refractivity contribution >= 4 is 28.8 Å². The first-order valence-corrected chi connectivity index (χ1v) is 6.75. The molecule has 1 heterocycles. The van der Waals surface area contributed by atoms with E-state index < -0.39 is 0 Å². The number of thiocarbonyl (C=S) groups is 1. The number of rotatable bonds is 4. The van der Waals surface area contributed by atoms with E-state index in [2.05, 4.69) is 5.32 Å². The minimum absolute atomic E-state index is 0.0199. The average Bonchev–Trinajstić information content (AvgIpc) is 2.78. The lowest BCUT2D eigenvalue weighted by atomic mass is 10.1. The zero-order valence-corrected chi connectivity index (χ0v) is 11.7. The summed E-state index contributed by atoms with van der Waals surface area (Å²) in [6.45, 7) is 2.49. The molecular weight excluding hydrogens is 260 g/mol. The molecule has 2 rings (SSSR count). The van der Waals surface area contributed by atoms with Crippen molar-refractivity contribution in [2.75, 3.05) is 11.9 Å². The van der Waals surface area contributed by atoms with Crippen LogP contribution < -0.4 is 11.1 Å². The summed E-state index contributed by atoms with van der Waals surface area (Å²) >= 11 is 4.86. The predicted octanol–water partition coefficient (Wildman–Crippen LogP) is 1.88. The molecule has 5 heteroatoms. The zero-order chi connectivity index (χ0) is 13.8. The number of amides is 1. The van der Waals surface area contributed by atoms with Crippen LogP contribution in [0.2, 0.25) is 0 Å². The van der Waals surface area contributed by atoms with Gasteiger partial charge in [-0.3, -0.25) is 4.79 Å². The van der Waals surface area contributed by atoms with Gasteiger partial charge in [0.25, 0.3) is 0 Å². The molecule has 0 radical (unpaired) electrons. The summed E-state index contributed by atoms with van der Waals surface area (Å²) in [4.78, 5) is 12.5. The first kappa shape index (κ1) is 14.0. The summed E-state index contributed by atoms with van der Waals surface area (Å²) in [5, 5.41) is 2.90. The second-order valence-corrected chi connectivity index (χ2v) is 5.43. The molecule has 0 spiro atoms. The third-order valence-corrected chi connectivity index (χ3v) is 3.31. The molecule has 4 nitrogen and oxygen atoms in total. The Kier molecular flexibility index (Phi) is 4.50. The molecular formula is C14H18N2O2S. The SMILES string of the molecule is CC1CC(C(=O)Nc2ccc(CC(N)=S)cc2)CO1.